The molecule has 4 aliphatic carbocycles. The number of rotatable bonds is 13. The first-order valence-corrected chi connectivity index (χ1v) is 24.4. The summed E-state index contributed by atoms with van der Waals surface area (Å²) in [7, 11) is 0. The Hall–Kier alpha value is -1.34. The quantitative estimate of drug-likeness (QED) is 0.170. The van der Waals surface area contributed by atoms with Crippen LogP contribution in [0.1, 0.15) is 219 Å². The normalized spacial score (nSPS) is 24.9. The fourth-order valence-corrected chi connectivity index (χ4v) is 10.3. The zero-order valence-corrected chi connectivity index (χ0v) is 39.3. The van der Waals surface area contributed by atoms with E-state index in [-0.39, 0.29) is 0 Å². The zero-order valence-electron chi connectivity index (χ0n) is 39.3. The van der Waals surface area contributed by atoms with Gasteiger partial charge in [-0.15, -0.1) is 0 Å². The summed E-state index contributed by atoms with van der Waals surface area (Å²) in [6, 6.07) is 0.709. The highest BCUT2D eigenvalue weighted by Gasteiger charge is 2.39. The molecule has 0 bridgehead atoms. The van der Waals surface area contributed by atoms with E-state index in [1.54, 1.807) is 22.3 Å². The van der Waals surface area contributed by atoms with Gasteiger partial charge < -0.3 is 4.90 Å². The summed E-state index contributed by atoms with van der Waals surface area (Å²) in [5, 5.41) is 0. The van der Waals surface area contributed by atoms with Crippen molar-refractivity contribution in [2.75, 3.05) is 13.1 Å². The molecule has 1 saturated heterocycles. The average Bonchev–Trinajstić information content (AvgIpc) is 3.64. The van der Waals surface area contributed by atoms with Crippen molar-refractivity contribution in [3.8, 4) is 0 Å². The number of unbranched alkanes of at least 4 members (excludes halogenated alkanes) is 2. The SMILES string of the molecule is CC.CC.CC(C)C1=CC2CCC(C3CCCCC3)C2C=C1.CCC.CCCCCC(/C(=C/C1=C(C)CCC(C)=C1)CC)C(CC)C(C)N1CCCCC1. The van der Waals surface area contributed by atoms with Crippen LogP contribution in [-0.4, -0.2) is 24.0 Å². The third-order valence-corrected chi connectivity index (χ3v) is 13.4. The topological polar surface area (TPSA) is 3.24 Å². The van der Waals surface area contributed by atoms with Gasteiger partial charge in [0.15, 0.2) is 0 Å². The minimum Gasteiger partial charge on any atom is -0.300 e. The summed E-state index contributed by atoms with van der Waals surface area (Å²) in [5.41, 5.74) is 7.96. The van der Waals surface area contributed by atoms with Gasteiger partial charge in [-0.1, -0.05) is 194 Å². The highest BCUT2D eigenvalue weighted by molar-refractivity contribution is 5.42. The zero-order chi connectivity index (χ0) is 40.5. The molecule has 3 fully saturated rings. The van der Waals surface area contributed by atoms with Crippen LogP contribution < -0.4 is 0 Å². The molecule has 0 aromatic rings. The lowest BCUT2D eigenvalue weighted by Crippen LogP contribution is -2.44. The van der Waals surface area contributed by atoms with Gasteiger partial charge in [0.25, 0.3) is 0 Å². The van der Waals surface area contributed by atoms with Gasteiger partial charge in [0.1, 0.15) is 0 Å². The van der Waals surface area contributed by atoms with Gasteiger partial charge in [-0.25, -0.2) is 0 Å². The Labute approximate surface area is 341 Å². The second-order valence-corrected chi connectivity index (χ2v) is 17.6. The number of likely N-dealkylation sites (tertiary alicyclic amines) is 1. The third-order valence-electron chi connectivity index (χ3n) is 13.4. The van der Waals surface area contributed by atoms with Gasteiger partial charge in [0.05, 0.1) is 0 Å². The molecule has 5 rings (SSSR count). The fraction of sp³-hybridized carbons (Fsp3) is 0.811. The van der Waals surface area contributed by atoms with Crippen LogP contribution in [0.2, 0.25) is 0 Å². The van der Waals surface area contributed by atoms with Crippen LogP contribution in [0.3, 0.4) is 0 Å². The van der Waals surface area contributed by atoms with Gasteiger partial charge in [-0.05, 0) is 138 Å². The summed E-state index contributed by atoms with van der Waals surface area (Å²) in [5.74, 6) is 6.05. The molecule has 6 unspecified atom stereocenters. The van der Waals surface area contributed by atoms with Crippen LogP contribution in [0.5, 0.6) is 0 Å². The first-order valence-electron chi connectivity index (χ1n) is 24.4. The molecule has 314 valence electrons. The fourth-order valence-electron chi connectivity index (χ4n) is 10.3. The molecule has 0 N–H and O–H groups in total. The van der Waals surface area contributed by atoms with Gasteiger partial charge in [-0.3, -0.25) is 0 Å². The predicted octanol–water partition coefficient (Wildman–Crippen LogP) is 17.3. The Balaban J connectivity index is 0.000000495. The van der Waals surface area contributed by atoms with Gasteiger partial charge in [0.2, 0.25) is 0 Å². The molecule has 1 nitrogen and oxygen atoms in total. The lowest BCUT2D eigenvalue weighted by atomic mass is 9.72. The summed E-state index contributed by atoms with van der Waals surface area (Å²) >= 11 is 0. The maximum Gasteiger partial charge on any atom is 0.0101 e. The van der Waals surface area contributed by atoms with Crippen molar-refractivity contribution in [1.29, 1.82) is 0 Å². The molecule has 2 saturated carbocycles. The first kappa shape index (κ1) is 50.7. The van der Waals surface area contributed by atoms with Crippen molar-refractivity contribution in [3.05, 3.63) is 58.2 Å². The van der Waals surface area contributed by atoms with Crippen molar-refractivity contribution >= 4 is 0 Å². The molecular weight excluding hydrogens is 651 g/mol. The average molecular weight is 748 g/mol. The first-order chi connectivity index (χ1) is 26.2. The van der Waals surface area contributed by atoms with E-state index in [9.17, 15) is 0 Å². The van der Waals surface area contributed by atoms with Crippen LogP contribution in [0.15, 0.2) is 58.2 Å². The van der Waals surface area contributed by atoms with Crippen molar-refractivity contribution in [3.63, 3.8) is 0 Å². The number of hydrogen-bond acceptors (Lipinski definition) is 1. The molecule has 1 aliphatic heterocycles. The van der Waals surface area contributed by atoms with E-state index in [1.807, 2.05) is 27.7 Å². The third kappa shape index (κ3) is 16.6. The number of nitrogens with zero attached hydrogens (tertiary/aromatic N) is 1. The Morgan fingerprint density at radius 1 is 0.796 bits per heavy atom. The summed E-state index contributed by atoms with van der Waals surface area (Å²) < 4.78 is 0. The van der Waals surface area contributed by atoms with Gasteiger partial charge in [-0.2, -0.15) is 0 Å². The second kappa shape index (κ2) is 29.8. The summed E-state index contributed by atoms with van der Waals surface area (Å²) in [6.07, 6.45) is 39.1. The minimum absolute atomic E-state index is 0.705. The van der Waals surface area contributed by atoms with E-state index < -0.39 is 0 Å². The van der Waals surface area contributed by atoms with E-state index in [4.69, 9.17) is 0 Å². The molecule has 0 aromatic carbocycles. The number of hydrogen-bond donors (Lipinski definition) is 0. The Kier molecular flexibility index (Phi) is 28.0. The lowest BCUT2D eigenvalue weighted by Gasteiger charge is -2.41. The Bertz CT molecular complexity index is 1100. The number of allylic oxidation sites excluding steroid dienone is 10. The van der Waals surface area contributed by atoms with Crippen LogP contribution in [0.25, 0.3) is 0 Å². The smallest absolute Gasteiger partial charge is 0.0101 e. The summed E-state index contributed by atoms with van der Waals surface area (Å²) in [4.78, 5) is 2.81. The monoisotopic (exact) mass is 748 g/mol. The molecule has 0 aromatic heterocycles. The number of fused-ring (bicyclic) bond motifs is 1. The van der Waals surface area contributed by atoms with Gasteiger partial charge >= 0.3 is 0 Å². The Morgan fingerprint density at radius 3 is 2.00 bits per heavy atom. The van der Waals surface area contributed by atoms with Crippen molar-refractivity contribution in [1.82, 2.24) is 4.90 Å². The predicted molar refractivity (Wildman–Crippen MR) is 247 cm³/mol. The molecule has 6 atom stereocenters. The highest BCUT2D eigenvalue weighted by atomic mass is 15.2. The van der Waals surface area contributed by atoms with Crippen molar-refractivity contribution in [2.45, 2.75) is 225 Å². The van der Waals surface area contributed by atoms with Crippen LogP contribution in [-0.2, 0) is 0 Å². The molecule has 5 aliphatic rings. The standard InChI is InChI=1S/C28H49N.C18H28.C3H8.2C2H6/c1-7-10-12-15-28(27(9-3)24(6)29-18-13-11-14-19-29)25(8-2)21-26-20-22(4)16-17-23(26)5;1-13(2)15-8-10-18-16(12-15)9-11-17(18)14-6-4-3-5-7-14;1-3-2;2*1-2/h20-21,24,27-28H,7-19H2,1-6H3;8,10,12-14,16-18H,3-7,9,11H2,1-2H3;3H2,1-2H3;2*1-2H3/b25-21+;;;;. The lowest BCUT2D eigenvalue weighted by molar-refractivity contribution is 0.100. The largest absolute Gasteiger partial charge is 0.300 e. The molecule has 1 heteroatoms. The van der Waals surface area contributed by atoms with E-state index in [1.165, 1.54) is 141 Å². The van der Waals surface area contributed by atoms with Crippen molar-refractivity contribution in [2.24, 2.45) is 41.4 Å². The van der Waals surface area contributed by atoms with E-state index in [2.05, 4.69) is 105 Å². The van der Waals surface area contributed by atoms with Crippen LogP contribution in [0, 0.1) is 41.4 Å². The van der Waals surface area contributed by atoms with Crippen LogP contribution >= 0.6 is 0 Å². The molecule has 0 spiro atoms. The minimum atomic E-state index is 0.705. The molecule has 54 heavy (non-hydrogen) atoms. The van der Waals surface area contributed by atoms with Crippen LogP contribution in [0.4, 0.5) is 0 Å². The van der Waals surface area contributed by atoms with Crippen molar-refractivity contribution < 1.29 is 0 Å². The maximum atomic E-state index is 2.81. The van der Waals surface area contributed by atoms with E-state index in [0.717, 1.165) is 35.5 Å². The molecular formula is C53H97N. The molecule has 0 amide bonds. The number of piperidine rings is 1. The van der Waals surface area contributed by atoms with E-state index >= 15 is 0 Å². The maximum absolute atomic E-state index is 2.81. The summed E-state index contributed by atoms with van der Waals surface area (Å²) in [6.45, 7) is 33.9. The molecule has 0 radical (unpaired) electrons. The molecule has 1 heterocycles. The van der Waals surface area contributed by atoms with Gasteiger partial charge in [0, 0.05) is 6.04 Å². The Morgan fingerprint density at radius 2 is 1.43 bits per heavy atom. The van der Waals surface area contributed by atoms with E-state index in [0.29, 0.717) is 12.0 Å². The highest BCUT2D eigenvalue weighted by Crippen LogP contribution is 2.49. The second-order valence-electron chi connectivity index (χ2n) is 17.6.